The molecule has 0 radical (unpaired) electrons. The standard InChI is InChI=1S/C31H55NO8/c1-3-5-6-7-8-9-10-11-12-13-14-15-16-17-18-19-20-21-25(34)24(32-27(35)4-2)23-39-31-30(38)29(37)28(36)26(22-33)40-31/h12-13,16-17,20-21,24-26,28-31,33-34,36-38H,3-11,14-15,18-19,22-23H2,1-2H3,(H,32,35)/b13-12+,17-16+,21-20+. The summed E-state index contributed by atoms with van der Waals surface area (Å²) in [6.45, 7) is 3.14. The molecule has 1 fully saturated rings. The predicted octanol–water partition coefficient (Wildman–Crippen LogP) is 3.43. The number of rotatable bonds is 22. The van der Waals surface area contributed by atoms with Crippen LogP contribution in [0.5, 0.6) is 0 Å². The maximum atomic E-state index is 12.0. The van der Waals surface area contributed by atoms with Gasteiger partial charge in [0.05, 0.1) is 25.4 Å². The van der Waals surface area contributed by atoms with E-state index in [1.165, 1.54) is 44.9 Å². The molecular formula is C31H55NO8. The fourth-order valence-electron chi connectivity index (χ4n) is 4.38. The zero-order valence-corrected chi connectivity index (χ0v) is 24.6. The summed E-state index contributed by atoms with van der Waals surface area (Å²) in [7, 11) is 0. The van der Waals surface area contributed by atoms with Crippen molar-refractivity contribution in [2.75, 3.05) is 13.2 Å². The van der Waals surface area contributed by atoms with Crippen molar-refractivity contribution in [1.82, 2.24) is 5.32 Å². The lowest BCUT2D eigenvalue weighted by atomic mass is 9.99. The minimum atomic E-state index is -1.57. The molecule has 40 heavy (non-hydrogen) atoms. The lowest BCUT2D eigenvalue weighted by molar-refractivity contribution is -0.302. The van der Waals surface area contributed by atoms with Crippen molar-refractivity contribution in [2.45, 2.75) is 140 Å². The third kappa shape index (κ3) is 15.4. The first-order valence-corrected chi connectivity index (χ1v) is 15.2. The molecule has 232 valence electrons. The molecule has 6 N–H and O–H groups in total. The second-order valence-corrected chi connectivity index (χ2v) is 10.5. The van der Waals surface area contributed by atoms with Gasteiger partial charge in [-0.15, -0.1) is 0 Å². The molecule has 7 unspecified atom stereocenters. The van der Waals surface area contributed by atoms with Gasteiger partial charge in [0.2, 0.25) is 5.91 Å². The van der Waals surface area contributed by atoms with Crippen LogP contribution in [-0.4, -0.2) is 87.5 Å². The van der Waals surface area contributed by atoms with E-state index in [4.69, 9.17) is 9.47 Å². The van der Waals surface area contributed by atoms with Gasteiger partial charge in [-0.05, 0) is 38.5 Å². The second-order valence-electron chi connectivity index (χ2n) is 10.5. The highest BCUT2D eigenvalue weighted by atomic mass is 16.7. The Morgan fingerprint density at radius 1 is 0.825 bits per heavy atom. The van der Waals surface area contributed by atoms with Gasteiger partial charge in [-0.1, -0.05) is 88.8 Å². The zero-order valence-electron chi connectivity index (χ0n) is 24.6. The number of hydrogen-bond acceptors (Lipinski definition) is 8. The van der Waals surface area contributed by atoms with Gasteiger partial charge in [0.25, 0.3) is 0 Å². The number of carbonyl (C=O) groups is 1. The average molecular weight is 570 g/mol. The molecule has 0 aromatic carbocycles. The zero-order chi connectivity index (χ0) is 29.6. The third-order valence-electron chi connectivity index (χ3n) is 7.01. The van der Waals surface area contributed by atoms with E-state index in [0.29, 0.717) is 0 Å². The Kier molecular flexibility index (Phi) is 21.0. The molecule has 0 aromatic rings. The minimum Gasteiger partial charge on any atom is -0.394 e. The average Bonchev–Trinajstić information content (AvgIpc) is 2.96. The van der Waals surface area contributed by atoms with E-state index in [9.17, 15) is 30.3 Å². The topological polar surface area (TPSA) is 149 Å². The Labute approximate surface area is 241 Å². The largest absolute Gasteiger partial charge is 0.394 e. The molecular weight excluding hydrogens is 514 g/mol. The second kappa shape index (κ2) is 23.0. The van der Waals surface area contributed by atoms with E-state index in [0.717, 1.165) is 32.1 Å². The summed E-state index contributed by atoms with van der Waals surface area (Å²) >= 11 is 0. The van der Waals surface area contributed by atoms with Gasteiger partial charge >= 0.3 is 0 Å². The molecule has 0 aromatic heterocycles. The Hall–Kier alpha value is -1.59. The number of nitrogens with one attached hydrogen (secondary N) is 1. The summed E-state index contributed by atoms with van der Waals surface area (Å²) in [4.78, 5) is 12.0. The lowest BCUT2D eigenvalue weighted by Crippen LogP contribution is -2.60. The third-order valence-corrected chi connectivity index (χ3v) is 7.01. The Morgan fingerprint density at radius 3 is 2.00 bits per heavy atom. The highest BCUT2D eigenvalue weighted by Crippen LogP contribution is 2.22. The van der Waals surface area contributed by atoms with Crippen LogP contribution >= 0.6 is 0 Å². The lowest BCUT2D eigenvalue weighted by Gasteiger charge is -2.40. The molecule has 1 amide bonds. The fraction of sp³-hybridized carbons (Fsp3) is 0.774. The van der Waals surface area contributed by atoms with E-state index >= 15 is 0 Å². The van der Waals surface area contributed by atoms with Gasteiger partial charge in [-0.3, -0.25) is 4.79 Å². The molecule has 0 spiro atoms. The maximum absolute atomic E-state index is 12.0. The Morgan fingerprint density at radius 2 is 1.40 bits per heavy atom. The van der Waals surface area contributed by atoms with Crippen LogP contribution < -0.4 is 5.32 Å². The maximum Gasteiger partial charge on any atom is 0.220 e. The van der Waals surface area contributed by atoms with Crippen molar-refractivity contribution in [3.63, 3.8) is 0 Å². The number of aliphatic hydroxyl groups excluding tert-OH is 5. The number of aliphatic hydroxyl groups is 5. The quantitative estimate of drug-likeness (QED) is 0.0858. The van der Waals surface area contributed by atoms with Gasteiger partial charge in [-0.25, -0.2) is 0 Å². The number of carbonyl (C=O) groups excluding carboxylic acids is 1. The van der Waals surface area contributed by atoms with Gasteiger partial charge < -0.3 is 40.3 Å². The number of unbranched alkanes of at least 4 members (excludes halogenated alkanes) is 9. The summed E-state index contributed by atoms with van der Waals surface area (Å²) < 4.78 is 10.9. The monoisotopic (exact) mass is 569 g/mol. The molecule has 1 heterocycles. The molecule has 9 heteroatoms. The molecule has 7 atom stereocenters. The Balaban J connectivity index is 2.33. The van der Waals surface area contributed by atoms with Crippen molar-refractivity contribution in [3.8, 4) is 0 Å². The molecule has 1 saturated heterocycles. The van der Waals surface area contributed by atoms with Gasteiger partial charge in [0.1, 0.15) is 24.4 Å². The summed E-state index contributed by atoms with van der Waals surface area (Å²) in [5.74, 6) is -0.283. The van der Waals surface area contributed by atoms with Crippen LogP contribution in [0.25, 0.3) is 0 Å². The highest BCUT2D eigenvalue weighted by molar-refractivity contribution is 5.75. The van der Waals surface area contributed by atoms with Crippen molar-refractivity contribution >= 4 is 5.91 Å². The van der Waals surface area contributed by atoms with Crippen molar-refractivity contribution in [3.05, 3.63) is 36.5 Å². The molecule has 1 rings (SSSR count). The highest BCUT2D eigenvalue weighted by Gasteiger charge is 2.44. The van der Waals surface area contributed by atoms with Crippen LogP contribution in [0.4, 0.5) is 0 Å². The first kappa shape index (κ1) is 36.4. The van der Waals surface area contributed by atoms with E-state index < -0.39 is 49.5 Å². The summed E-state index contributed by atoms with van der Waals surface area (Å²) in [5.41, 5.74) is 0. The molecule has 0 aliphatic carbocycles. The van der Waals surface area contributed by atoms with E-state index in [1.807, 2.05) is 6.08 Å². The minimum absolute atomic E-state index is 0.214. The number of allylic oxidation sites excluding steroid dienone is 5. The first-order chi connectivity index (χ1) is 19.3. The summed E-state index contributed by atoms with van der Waals surface area (Å²) in [6.07, 6.45) is 18.5. The molecule has 0 saturated carbocycles. The molecule has 0 bridgehead atoms. The van der Waals surface area contributed by atoms with Crippen molar-refractivity contribution in [2.24, 2.45) is 0 Å². The van der Waals surface area contributed by atoms with Crippen LogP contribution in [0.2, 0.25) is 0 Å². The number of ether oxygens (including phenoxy) is 2. The fourth-order valence-corrected chi connectivity index (χ4v) is 4.38. The summed E-state index contributed by atoms with van der Waals surface area (Å²) in [6, 6.07) is -0.820. The number of amides is 1. The van der Waals surface area contributed by atoms with E-state index in [-0.39, 0.29) is 18.9 Å². The molecule has 9 nitrogen and oxygen atoms in total. The van der Waals surface area contributed by atoms with Gasteiger partial charge in [-0.2, -0.15) is 0 Å². The number of hydrogen-bond donors (Lipinski definition) is 6. The molecule has 1 aliphatic rings. The van der Waals surface area contributed by atoms with Crippen LogP contribution in [0.3, 0.4) is 0 Å². The van der Waals surface area contributed by atoms with Crippen LogP contribution in [0.15, 0.2) is 36.5 Å². The SMILES string of the molecule is CCCCCCCCC/C=C/CC/C=C/CC/C=C/C(O)C(COC1OC(CO)C(O)C(O)C1O)NC(=O)CC. The van der Waals surface area contributed by atoms with E-state index in [2.05, 4.69) is 36.5 Å². The van der Waals surface area contributed by atoms with Crippen molar-refractivity contribution in [1.29, 1.82) is 0 Å². The van der Waals surface area contributed by atoms with Crippen molar-refractivity contribution < 1.29 is 39.8 Å². The van der Waals surface area contributed by atoms with Gasteiger partial charge in [0.15, 0.2) is 6.29 Å². The predicted molar refractivity (Wildman–Crippen MR) is 156 cm³/mol. The molecule has 1 aliphatic heterocycles. The van der Waals surface area contributed by atoms with Crippen LogP contribution in [-0.2, 0) is 14.3 Å². The Bertz CT molecular complexity index is 726. The first-order valence-electron chi connectivity index (χ1n) is 15.2. The van der Waals surface area contributed by atoms with Crippen LogP contribution in [0.1, 0.15) is 97.3 Å². The van der Waals surface area contributed by atoms with E-state index in [1.54, 1.807) is 13.0 Å². The normalized spacial score (nSPS) is 25.2. The van der Waals surface area contributed by atoms with Crippen LogP contribution in [0, 0.1) is 0 Å². The smallest absolute Gasteiger partial charge is 0.220 e. The van der Waals surface area contributed by atoms with Gasteiger partial charge in [0, 0.05) is 6.42 Å². The summed E-state index contributed by atoms with van der Waals surface area (Å²) in [5, 5.41) is 52.6.